The van der Waals surface area contributed by atoms with E-state index in [0.29, 0.717) is 25.7 Å². The standard InChI is InChI=1S/C11H16O4/c1-2-15-10(13)6-8-4-3-5-9(7-12)11(8)14/h7-9H,2-6H2,1H3. The summed E-state index contributed by atoms with van der Waals surface area (Å²) in [6.45, 7) is 2.06. The Morgan fingerprint density at radius 3 is 2.87 bits per heavy atom. The fourth-order valence-electron chi connectivity index (χ4n) is 1.93. The van der Waals surface area contributed by atoms with Crippen LogP contribution >= 0.6 is 0 Å². The topological polar surface area (TPSA) is 60.4 Å². The number of ketones is 1. The SMILES string of the molecule is CCOC(=O)CC1CCCC(C=O)C1=O. The summed E-state index contributed by atoms with van der Waals surface area (Å²) >= 11 is 0. The largest absolute Gasteiger partial charge is 0.466 e. The highest BCUT2D eigenvalue weighted by Crippen LogP contribution is 2.27. The number of rotatable bonds is 4. The average Bonchev–Trinajstić information content (AvgIpc) is 2.21. The highest BCUT2D eigenvalue weighted by Gasteiger charge is 2.32. The van der Waals surface area contributed by atoms with Crippen LogP contribution in [0, 0.1) is 11.8 Å². The molecule has 2 unspecified atom stereocenters. The first-order valence-electron chi connectivity index (χ1n) is 5.33. The van der Waals surface area contributed by atoms with Crippen molar-refractivity contribution in [2.45, 2.75) is 32.6 Å². The van der Waals surface area contributed by atoms with E-state index in [2.05, 4.69) is 0 Å². The van der Waals surface area contributed by atoms with Gasteiger partial charge in [-0.25, -0.2) is 0 Å². The Kier molecular flexibility index (Phi) is 4.46. The number of hydrogen-bond donors (Lipinski definition) is 0. The second-order valence-electron chi connectivity index (χ2n) is 3.78. The van der Waals surface area contributed by atoms with Crippen molar-refractivity contribution in [3.8, 4) is 0 Å². The minimum absolute atomic E-state index is 0.0932. The Labute approximate surface area is 89.0 Å². The Morgan fingerprint density at radius 1 is 1.53 bits per heavy atom. The van der Waals surface area contributed by atoms with E-state index in [1.165, 1.54) is 0 Å². The minimum atomic E-state index is -0.502. The van der Waals surface area contributed by atoms with Crippen molar-refractivity contribution in [1.82, 2.24) is 0 Å². The zero-order valence-corrected chi connectivity index (χ0v) is 8.90. The molecule has 1 saturated carbocycles. The van der Waals surface area contributed by atoms with Crippen LogP contribution < -0.4 is 0 Å². The summed E-state index contributed by atoms with van der Waals surface area (Å²) < 4.78 is 4.78. The molecule has 0 N–H and O–H groups in total. The van der Waals surface area contributed by atoms with Gasteiger partial charge in [0.05, 0.1) is 18.9 Å². The van der Waals surface area contributed by atoms with Crippen LogP contribution in [-0.4, -0.2) is 24.6 Å². The summed E-state index contributed by atoms with van der Waals surface area (Å²) in [6, 6.07) is 0. The third-order valence-electron chi connectivity index (χ3n) is 2.72. The van der Waals surface area contributed by atoms with Gasteiger partial charge in [0.15, 0.2) is 0 Å². The lowest BCUT2D eigenvalue weighted by molar-refractivity contribution is -0.148. The van der Waals surface area contributed by atoms with E-state index in [0.717, 1.165) is 6.42 Å². The van der Waals surface area contributed by atoms with Gasteiger partial charge >= 0.3 is 5.97 Å². The van der Waals surface area contributed by atoms with Gasteiger partial charge in [0.25, 0.3) is 0 Å². The third-order valence-corrected chi connectivity index (χ3v) is 2.72. The van der Waals surface area contributed by atoms with Gasteiger partial charge in [-0.1, -0.05) is 6.42 Å². The van der Waals surface area contributed by atoms with E-state index in [1.54, 1.807) is 6.92 Å². The number of carbonyl (C=O) groups is 3. The average molecular weight is 212 g/mol. The number of Topliss-reactive ketones (excluding diaryl/α,β-unsaturated/α-hetero) is 1. The van der Waals surface area contributed by atoms with Gasteiger partial charge in [-0.2, -0.15) is 0 Å². The molecule has 1 fully saturated rings. The van der Waals surface area contributed by atoms with Gasteiger partial charge in [0.2, 0.25) is 0 Å². The molecule has 84 valence electrons. The molecule has 0 aromatic carbocycles. The summed E-state index contributed by atoms with van der Waals surface area (Å²) in [5.41, 5.74) is 0. The van der Waals surface area contributed by atoms with E-state index in [4.69, 9.17) is 4.74 Å². The summed E-state index contributed by atoms with van der Waals surface area (Å²) in [5.74, 6) is -1.25. The zero-order chi connectivity index (χ0) is 11.3. The molecule has 0 aromatic heterocycles. The second-order valence-corrected chi connectivity index (χ2v) is 3.78. The molecule has 15 heavy (non-hydrogen) atoms. The molecule has 4 nitrogen and oxygen atoms in total. The van der Waals surface area contributed by atoms with E-state index in [1.807, 2.05) is 0 Å². The highest BCUT2D eigenvalue weighted by atomic mass is 16.5. The summed E-state index contributed by atoms with van der Waals surface area (Å²) in [5, 5.41) is 0. The van der Waals surface area contributed by atoms with Crippen molar-refractivity contribution in [3.05, 3.63) is 0 Å². The highest BCUT2D eigenvalue weighted by molar-refractivity contribution is 5.96. The third kappa shape index (κ3) is 3.15. The Hall–Kier alpha value is -1.19. The fraction of sp³-hybridized carbons (Fsp3) is 0.727. The molecule has 2 atom stereocenters. The predicted octanol–water partition coefficient (Wildman–Crippen LogP) is 1.12. The van der Waals surface area contributed by atoms with Gasteiger partial charge in [-0.3, -0.25) is 9.59 Å². The Morgan fingerprint density at radius 2 is 2.27 bits per heavy atom. The molecule has 0 radical (unpaired) electrons. The maximum Gasteiger partial charge on any atom is 0.306 e. The van der Waals surface area contributed by atoms with Crippen molar-refractivity contribution in [2.24, 2.45) is 11.8 Å². The van der Waals surface area contributed by atoms with E-state index < -0.39 is 5.92 Å². The quantitative estimate of drug-likeness (QED) is 0.398. The lowest BCUT2D eigenvalue weighted by atomic mass is 9.79. The lowest BCUT2D eigenvalue weighted by Crippen LogP contribution is -2.31. The molecule has 0 heterocycles. The first-order chi connectivity index (χ1) is 7.19. The fourth-order valence-corrected chi connectivity index (χ4v) is 1.93. The molecular weight excluding hydrogens is 196 g/mol. The molecule has 1 aliphatic rings. The maximum atomic E-state index is 11.7. The Bertz CT molecular complexity index is 259. The van der Waals surface area contributed by atoms with Crippen LogP contribution in [0.25, 0.3) is 0 Å². The summed E-state index contributed by atoms with van der Waals surface area (Å²) in [7, 11) is 0. The van der Waals surface area contributed by atoms with E-state index >= 15 is 0 Å². The van der Waals surface area contributed by atoms with Gasteiger partial charge in [0.1, 0.15) is 12.1 Å². The summed E-state index contributed by atoms with van der Waals surface area (Å²) in [4.78, 5) is 33.4. The van der Waals surface area contributed by atoms with E-state index in [-0.39, 0.29) is 24.1 Å². The molecule has 1 rings (SSSR count). The Balaban J connectivity index is 2.50. The monoisotopic (exact) mass is 212 g/mol. The minimum Gasteiger partial charge on any atom is -0.466 e. The zero-order valence-electron chi connectivity index (χ0n) is 8.90. The molecule has 0 amide bonds. The van der Waals surface area contributed by atoms with Crippen molar-refractivity contribution < 1.29 is 19.1 Å². The van der Waals surface area contributed by atoms with Crippen LogP contribution in [0.15, 0.2) is 0 Å². The van der Waals surface area contributed by atoms with Crippen LogP contribution in [0.4, 0.5) is 0 Å². The van der Waals surface area contributed by atoms with Gasteiger partial charge in [-0.15, -0.1) is 0 Å². The van der Waals surface area contributed by atoms with Crippen molar-refractivity contribution >= 4 is 18.0 Å². The molecule has 0 bridgehead atoms. The number of ether oxygens (including phenoxy) is 1. The number of esters is 1. The maximum absolute atomic E-state index is 11.7. The van der Waals surface area contributed by atoms with Gasteiger partial charge in [0, 0.05) is 5.92 Å². The van der Waals surface area contributed by atoms with Crippen LogP contribution in [0.5, 0.6) is 0 Å². The molecule has 0 saturated heterocycles. The van der Waals surface area contributed by atoms with E-state index in [9.17, 15) is 14.4 Å². The molecule has 0 aromatic rings. The van der Waals surface area contributed by atoms with Crippen LogP contribution in [-0.2, 0) is 19.1 Å². The number of aldehydes is 1. The van der Waals surface area contributed by atoms with Crippen molar-refractivity contribution in [1.29, 1.82) is 0 Å². The van der Waals surface area contributed by atoms with Gasteiger partial charge in [-0.05, 0) is 19.8 Å². The molecular formula is C11H16O4. The first-order valence-corrected chi connectivity index (χ1v) is 5.33. The molecule has 4 heteroatoms. The van der Waals surface area contributed by atoms with Crippen molar-refractivity contribution in [3.63, 3.8) is 0 Å². The molecule has 0 aliphatic heterocycles. The normalized spacial score (nSPS) is 26.1. The van der Waals surface area contributed by atoms with Crippen LogP contribution in [0.1, 0.15) is 32.6 Å². The first kappa shape index (κ1) is 11.9. The molecule has 1 aliphatic carbocycles. The number of hydrogen-bond acceptors (Lipinski definition) is 4. The molecule has 0 spiro atoms. The summed E-state index contributed by atoms with van der Waals surface area (Å²) in [6.07, 6.45) is 2.97. The van der Waals surface area contributed by atoms with Crippen molar-refractivity contribution in [2.75, 3.05) is 6.61 Å². The lowest BCUT2D eigenvalue weighted by Gasteiger charge is -2.23. The smallest absolute Gasteiger partial charge is 0.306 e. The van der Waals surface area contributed by atoms with Crippen LogP contribution in [0.2, 0.25) is 0 Å². The predicted molar refractivity (Wildman–Crippen MR) is 53.2 cm³/mol. The second kappa shape index (κ2) is 5.63. The van der Waals surface area contributed by atoms with Crippen LogP contribution in [0.3, 0.4) is 0 Å². The van der Waals surface area contributed by atoms with Gasteiger partial charge < -0.3 is 9.53 Å². The number of carbonyl (C=O) groups excluding carboxylic acids is 3.